The Bertz CT molecular complexity index is 1010. The summed E-state index contributed by atoms with van der Waals surface area (Å²) in [6.07, 6.45) is -5.02. The Morgan fingerprint density at radius 1 is 1.27 bits per heavy atom. The van der Waals surface area contributed by atoms with Gasteiger partial charge in [0, 0.05) is 23.8 Å². The number of carbonyl (C=O) groups is 2. The lowest BCUT2D eigenvalue weighted by Crippen LogP contribution is -2.37. The number of hydrogen-bond donors (Lipinski definition) is 1. The van der Waals surface area contributed by atoms with E-state index in [1.807, 2.05) is 0 Å². The predicted molar refractivity (Wildman–Crippen MR) is 107 cm³/mol. The first-order valence-electron chi connectivity index (χ1n) is 8.74. The first-order chi connectivity index (χ1) is 13.9. The average molecular weight is 485 g/mol. The molecule has 1 aromatic rings. The van der Waals surface area contributed by atoms with Crippen LogP contribution in [0.5, 0.6) is 0 Å². The number of carboxylic acids is 1. The van der Waals surface area contributed by atoms with Crippen LogP contribution in [0.1, 0.15) is 24.8 Å². The van der Waals surface area contributed by atoms with Crippen molar-refractivity contribution in [1.82, 2.24) is 0 Å². The minimum absolute atomic E-state index is 0.0286. The van der Waals surface area contributed by atoms with Gasteiger partial charge in [-0.3, -0.25) is 9.59 Å². The number of carboxylic acid groups (broad SMARTS) is 1. The van der Waals surface area contributed by atoms with Gasteiger partial charge in [0.15, 0.2) is 15.0 Å². The molecular formula is C17H16ClF3N2O5S2. The predicted octanol–water partition coefficient (Wildman–Crippen LogP) is 3.22. The minimum Gasteiger partial charge on any atom is -0.481 e. The van der Waals surface area contributed by atoms with Crippen molar-refractivity contribution in [2.24, 2.45) is 4.99 Å². The van der Waals surface area contributed by atoms with E-state index in [2.05, 4.69) is 4.99 Å². The highest BCUT2D eigenvalue weighted by Crippen LogP contribution is 2.43. The maximum absolute atomic E-state index is 13.3. The van der Waals surface area contributed by atoms with Gasteiger partial charge in [-0.15, -0.1) is 0 Å². The number of anilines is 1. The van der Waals surface area contributed by atoms with E-state index in [1.165, 1.54) is 11.0 Å². The van der Waals surface area contributed by atoms with Crippen LogP contribution in [-0.4, -0.2) is 53.4 Å². The second-order valence-electron chi connectivity index (χ2n) is 6.87. The normalized spacial score (nSPS) is 24.3. The average Bonchev–Trinajstić information content (AvgIpc) is 3.05. The molecule has 0 aliphatic carbocycles. The number of nitrogens with zero attached hydrogens (tertiary/aromatic N) is 2. The first kappa shape index (κ1) is 22.9. The van der Waals surface area contributed by atoms with E-state index in [9.17, 15) is 31.2 Å². The number of fused-ring (bicyclic) bond motifs is 1. The van der Waals surface area contributed by atoms with E-state index in [1.54, 1.807) is 0 Å². The van der Waals surface area contributed by atoms with Gasteiger partial charge in [0.05, 0.1) is 28.1 Å². The molecule has 2 aliphatic heterocycles. The Labute approximate surface area is 179 Å². The van der Waals surface area contributed by atoms with Gasteiger partial charge in [0.2, 0.25) is 5.91 Å². The van der Waals surface area contributed by atoms with Crippen molar-refractivity contribution in [1.29, 1.82) is 0 Å². The summed E-state index contributed by atoms with van der Waals surface area (Å²) in [7, 11) is -3.38. The number of amidine groups is 1. The highest BCUT2D eigenvalue weighted by Gasteiger charge is 2.49. The molecule has 164 valence electrons. The summed E-state index contributed by atoms with van der Waals surface area (Å²) in [4.78, 5) is 28.0. The third-order valence-corrected chi connectivity index (χ3v) is 8.14. The number of amides is 1. The summed E-state index contributed by atoms with van der Waals surface area (Å²) in [6.45, 7) is 0. The van der Waals surface area contributed by atoms with Gasteiger partial charge in [-0.1, -0.05) is 23.4 Å². The van der Waals surface area contributed by atoms with Crippen molar-refractivity contribution in [3.63, 3.8) is 0 Å². The van der Waals surface area contributed by atoms with Crippen molar-refractivity contribution < 1.29 is 36.3 Å². The molecule has 2 aliphatic rings. The van der Waals surface area contributed by atoms with Gasteiger partial charge < -0.3 is 10.0 Å². The number of aliphatic carboxylic acids is 1. The summed E-state index contributed by atoms with van der Waals surface area (Å²) in [6, 6.07) is 2.51. The van der Waals surface area contributed by atoms with Crippen LogP contribution in [0.15, 0.2) is 23.2 Å². The molecular weight excluding hydrogens is 469 g/mol. The number of rotatable bonds is 5. The third kappa shape index (κ3) is 5.09. The van der Waals surface area contributed by atoms with Crippen LogP contribution in [-0.2, 0) is 25.6 Å². The fourth-order valence-electron chi connectivity index (χ4n) is 3.30. The zero-order valence-corrected chi connectivity index (χ0v) is 17.6. The molecule has 0 spiro atoms. The molecule has 1 N–H and O–H groups in total. The van der Waals surface area contributed by atoms with E-state index in [0.717, 1.165) is 23.9 Å². The second kappa shape index (κ2) is 8.39. The van der Waals surface area contributed by atoms with Crippen LogP contribution in [0.25, 0.3) is 0 Å². The molecule has 1 aromatic carbocycles. The Morgan fingerprint density at radius 3 is 2.60 bits per heavy atom. The Hall–Kier alpha value is -1.79. The van der Waals surface area contributed by atoms with Gasteiger partial charge in [0.25, 0.3) is 0 Å². The van der Waals surface area contributed by atoms with Crippen LogP contribution in [0, 0.1) is 0 Å². The number of sulfone groups is 1. The Balaban J connectivity index is 1.95. The first-order valence-corrected chi connectivity index (χ1v) is 11.8. The molecule has 2 atom stereocenters. The Kier molecular flexibility index (Phi) is 6.40. The van der Waals surface area contributed by atoms with Gasteiger partial charge in [0.1, 0.15) is 0 Å². The zero-order valence-electron chi connectivity index (χ0n) is 15.2. The van der Waals surface area contributed by atoms with Crippen LogP contribution in [0.4, 0.5) is 18.9 Å². The topological polar surface area (TPSA) is 104 Å². The maximum atomic E-state index is 13.3. The molecule has 2 saturated heterocycles. The third-order valence-electron chi connectivity index (χ3n) is 4.60. The van der Waals surface area contributed by atoms with Crippen LogP contribution in [0.2, 0.25) is 5.02 Å². The SMILES string of the molecule is O=C(O)CCCC(=O)N=C1S[C@H]2CS(=O)(=O)C[C@@H]2N1c1ccc(Cl)c(C(F)(F)F)c1. The monoisotopic (exact) mass is 484 g/mol. The molecule has 0 aromatic heterocycles. The number of hydrogen-bond acceptors (Lipinski definition) is 5. The molecule has 0 saturated carbocycles. The zero-order chi connectivity index (χ0) is 22.3. The van der Waals surface area contributed by atoms with Crippen molar-refractivity contribution in [2.45, 2.75) is 36.7 Å². The van der Waals surface area contributed by atoms with E-state index in [-0.39, 0.29) is 41.6 Å². The molecule has 2 fully saturated rings. The molecule has 30 heavy (non-hydrogen) atoms. The van der Waals surface area contributed by atoms with Crippen molar-refractivity contribution >= 4 is 55.9 Å². The highest BCUT2D eigenvalue weighted by atomic mass is 35.5. The molecule has 0 radical (unpaired) electrons. The summed E-state index contributed by atoms with van der Waals surface area (Å²) < 4.78 is 63.9. The van der Waals surface area contributed by atoms with E-state index >= 15 is 0 Å². The largest absolute Gasteiger partial charge is 0.481 e. The standard InChI is InChI=1S/C17H16ClF3N2O5S2/c18-11-5-4-9(6-10(11)17(19,20)21)23-12-7-30(27,28)8-13(12)29-16(23)22-14(24)2-1-3-15(25)26/h4-6,12-13H,1-3,7-8H2,(H,25,26)/t12-,13-/m0/s1. The van der Waals surface area contributed by atoms with Crippen molar-refractivity contribution in [2.75, 3.05) is 16.4 Å². The second-order valence-corrected chi connectivity index (χ2v) is 10.6. The summed E-state index contributed by atoms with van der Waals surface area (Å²) in [5.41, 5.74) is -1.05. The van der Waals surface area contributed by atoms with E-state index < -0.39 is 49.8 Å². The molecule has 0 unspecified atom stereocenters. The fraction of sp³-hybridized carbons (Fsp3) is 0.471. The van der Waals surface area contributed by atoms with Crippen molar-refractivity contribution in [3.05, 3.63) is 28.8 Å². The number of aliphatic imine (C=N–C) groups is 1. The summed E-state index contributed by atoms with van der Waals surface area (Å²) in [5, 5.41) is 7.76. The van der Waals surface area contributed by atoms with Crippen LogP contribution >= 0.6 is 23.4 Å². The van der Waals surface area contributed by atoms with Gasteiger partial charge >= 0.3 is 12.1 Å². The molecule has 2 heterocycles. The lowest BCUT2D eigenvalue weighted by Gasteiger charge is -2.25. The smallest absolute Gasteiger partial charge is 0.417 e. The number of alkyl halides is 3. The van der Waals surface area contributed by atoms with E-state index in [0.29, 0.717) is 0 Å². The Morgan fingerprint density at radius 2 is 1.97 bits per heavy atom. The molecule has 3 rings (SSSR count). The quantitative estimate of drug-likeness (QED) is 0.684. The molecule has 7 nitrogen and oxygen atoms in total. The minimum atomic E-state index is -4.72. The highest BCUT2D eigenvalue weighted by molar-refractivity contribution is 8.16. The maximum Gasteiger partial charge on any atom is 0.417 e. The fourth-order valence-corrected chi connectivity index (χ4v) is 7.46. The lowest BCUT2D eigenvalue weighted by atomic mass is 10.1. The van der Waals surface area contributed by atoms with Gasteiger partial charge in [-0.25, -0.2) is 8.42 Å². The number of benzene rings is 1. The summed E-state index contributed by atoms with van der Waals surface area (Å²) in [5.74, 6) is -2.14. The van der Waals surface area contributed by atoms with E-state index in [4.69, 9.17) is 16.7 Å². The molecule has 1 amide bonds. The summed E-state index contributed by atoms with van der Waals surface area (Å²) >= 11 is 6.69. The lowest BCUT2D eigenvalue weighted by molar-refractivity contribution is -0.138. The number of thioether (sulfide) groups is 1. The number of halogens is 4. The molecule has 13 heteroatoms. The van der Waals surface area contributed by atoms with Gasteiger partial charge in [-0.2, -0.15) is 18.2 Å². The number of carbonyl (C=O) groups excluding carboxylic acids is 1. The molecule has 0 bridgehead atoms. The van der Waals surface area contributed by atoms with Crippen LogP contribution < -0.4 is 4.90 Å². The van der Waals surface area contributed by atoms with Crippen LogP contribution in [0.3, 0.4) is 0 Å². The van der Waals surface area contributed by atoms with Gasteiger partial charge in [-0.05, 0) is 24.6 Å². The van der Waals surface area contributed by atoms with Crippen molar-refractivity contribution in [3.8, 4) is 0 Å².